The molecule has 4 nitrogen and oxygen atoms in total. The van der Waals surface area contributed by atoms with Crippen molar-refractivity contribution in [3.05, 3.63) is 0 Å². The van der Waals surface area contributed by atoms with Crippen LogP contribution in [0.25, 0.3) is 0 Å². The summed E-state index contributed by atoms with van der Waals surface area (Å²) < 4.78 is 19.2. The molecule has 0 rings (SSSR count). The molecule has 0 aromatic carbocycles. The van der Waals surface area contributed by atoms with Crippen LogP contribution in [0.5, 0.6) is 0 Å². The van der Waals surface area contributed by atoms with E-state index >= 15 is 0 Å². The minimum Gasteiger partial charge on any atom is -0.302 e. The van der Waals surface area contributed by atoms with Crippen LogP contribution in [0, 0.1) is 0 Å². The Bertz CT molecular complexity index is 108. The maximum atomic E-state index is 10.5. The molecule has 0 saturated heterocycles. The van der Waals surface area contributed by atoms with E-state index in [9.17, 15) is 4.57 Å². The Labute approximate surface area is 82.8 Å². The second-order valence-corrected chi connectivity index (χ2v) is 2.76. The van der Waals surface area contributed by atoms with Crippen molar-refractivity contribution in [2.24, 2.45) is 0 Å². The summed E-state index contributed by atoms with van der Waals surface area (Å²) in [4.78, 5) is 8.63. The molecule has 0 spiro atoms. The first-order valence-electron chi connectivity index (χ1n) is 2.74. The standard InChI is InChI=1S/C4H11O4P.Na/c1-3-7-9(5,6)8-4-2;/h3-4H2,1-2H3,(H,5,6);. The van der Waals surface area contributed by atoms with E-state index in [1.165, 1.54) is 0 Å². The fraction of sp³-hybridized carbons (Fsp3) is 1.00. The first-order valence-corrected chi connectivity index (χ1v) is 4.23. The molecule has 6 heteroatoms. The summed E-state index contributed by atoms with van der Waals surface area (Å²) in [5, 5.41) is 0. The molecule has 0 amide bonds. The smallest absolute Gasteiger partial charge is 0.302 e. The van der Waals surface area contributed by atoms with Crippen LogP contribution in [0.3, 0.4) is 0 Å². The zero-order valence-electron chi connectivity index (χ0n) is 6.53. The average molecular weight is 177 g/mol. The van der Waals surface area contributed by atoms with E-state index < -0.39 is 7.82 Å². The monoisotopic (exact) mass is 177 g/mol. The van der Waals surface area contributed by atoms with Crippen molar-refractivity contribution in [1.82, 2.24) is 0 Å². The van der Waals surface area contributed by atoms with Crippen molar-refractivity contribution >= 4 is 37.4 Å². The van der Waals surface area contributed by atoms with E-state index in [1.807, 2.05) is 0 Å². The summed E-state index contributed by atoms with van der Waals surface area (Å²) in [7, 11) is -3.69. The quantitative estimate of drug-likeness (QED) is 0.509. The predicted octanol–water partition coefficient (Wildman–Crippen LogP) is 0.779. The molecule has 0 aliphatic rings. The van der Waals surface area contributed by atoms with E-state index in [0.717, 1.165) is 0 Å². The largest absolute Gasteiger partial charge is 0.472 e. The van der Waals surface area contributed by atoms with Gasteiger partial charge in [0.15, 0.2) is 0 Å². The van der Waals surface area contributed by atoms with Crippen LogP contribution >= 0.6 is 7.82 Å². The molecule has 0 aromatic rings. The van der Waals surface area contributed by atoms with Crippen LogP contribution in [-0.2, 0) is 13.6 Å². The summed E-state index contributed by atoms with van der Waals surface area (Å²) in [6.45, 7) is 3.63. The minimum atomic E-state index is -3.69. The topological polar surface area (TPSA) is 55.8 Å². The summed E-state index contributed by atoms with van der Waals surface area (Å²) >= 11 is 0. The summed E-state index contributed by atoms with van der Waals surface area (Å²) in [6.07, 6.45) is 0. The van der Waals surface area contributed by atoms with Crippen LogP contribution in [0.2, 0.25) is 0 Å². The fourth-order valence-corrected chi connectivity index (χ4v) is 1.09. The molecule has 0 bridgehead atoms. The Balaban J connectivity index is 0. The third kappa shape index (κ3) is 7.22. The molecule has 10 heavy (non-hydrogen) atoms. The fourth-order valence-electron chi connectivity index (χ4n) is 0.364. The molecule has 0 fully saturated rings. The number of hydrogen-bond donors (Lipinski definition) is 1. The van der Waals surface area contributed by atoms with Crippen molar-refractivity contribution in [3.8, 4) is 0 Å². The van der Waals surface area contributed by atoms with E-state index in [0.29, 0.717) is 0 Å². The first-order chi connectivity index (χ1) is 4.12. The van der Waals surface area contributed by atoms with Crippen molar-refractivity contribution in [2.45, 2.75) is 13.8 Å². The van der Waals surface area contributed by atoms with Gasteiger partial charge in [0.1, 0.15) is 0 Å². The van der Waals surface area contributed by atoms with Crippen LogP contribution in [0.15, 0.2) is 0 Å². The van der Waals surface area contributed by atoms with Gasteiger partial charge < -0.3 is 4.89 Å². The van der Waals surface area contributed by atoms with Gasteiger partial charge in [0.2, 0.25) is 0 Å². The van der Waals surface area contributed by atoms with Crippen LogP contribution in [-0.4, -0.2) is 47.7 Å². The maximum absolute atomic E-state index is 10.5. The third-order valence-corrected chi connectivity index (χ3v) is 1.75. The molecule has 0 saturated carbocycles. The molecule has 0 aliphatic carbocycles. The molecule has 57 valence electrons. The summed E-state index contributed by atoms with van der Waals surface area (Å²) in [5.74, 6) is 0. The van der Waals surface area contributed by atoms with Gasteiger partial charge in [-0.3, -0.25) is 9.05 Å². The number of phosphoric ester groups is 1. The van der Waals surface area contributed by atoms with E-state index in [2.05, 4.69) is 9.05 Å². The van der Waals surface area contributed by atoms with Gasteiger partial charge in [0.05, 0.1) is 13.2 Å². The molecular formula is C4H11NaO4P. The van der Waals surface area contributed by atoms with Crippen molar-refractivity contribution in [1.29, 1.82) is 0 Å². The molecule has 0 unspecified atom stereocenters. The second-order valence-electron chi connectivity index (χ2n) is 1.30. The van der Waals surface area contributed by atoms with Crippen molar-refractivity contribution in [3.63, 3.8) is 0 Å². The van der Waals surface area contributed by atoms with E-state index in [-0.39, 0.29) is 42.8 Å². The Morgan fingerprint density at radius 1 is 1.30 bits per heavy atom. The molecular weight excluding hydrogens is 166 g/mol. The molecule has 0 atom stereocenters. The average Bonchev–Trinajstić information content (AvgIpc) is 1.64. The van der Waals surface area contributed by atoms with Gasteiger partial charge in [0.25, 0.3) is 0 Å². The summed E-state index contributed by atoms with van der Waals surface area (Å²) in [5.41, 5.74) is 0. The number of rotatable bonds is 4. The van der Waals surface area contributed by atoms with Gasteiger partial charge in [-0.15, -0.1) is 0 Å². The van der Waals surface area contributed by atoms with Gasteiger partial charge in [-0.1, -0.05) is 0 Å². The van der Waals surface area contributed by atoms with E-state index in [1.54, 1.807) is 13.8 Å². The van der Waals surface area contributed by atoms with Gasteiger partial charge in [-0.05, 0) is 13.8 Å². The minimum absolute atomic E-state index is 0. The first kappa shape index (κ1) is 13.7. The van der Waals surface area contributed by atoms with Crippen molar-refractivity contribution in [2.75, 3.05) is 13.2 Å². The van der Waals surface area contributed by atoms with Gasteiger partial charge in [-0.2, -0.15) is 0 Å². The van der Waals surface area contributed by atoms with Crippen LogP contribution < -0.4 is 0 Å². The Morgan fingerprint density at radius 3 is 1.80 bits per heavy atom. The van der Waals surface area contributed by atoms with Gasteiger partial charge in [0, 0.05) is 29.6 Å². The molecule has 1 N–H and O–H groups in total. The number of phosphoric acid groups is 1. The molecule has 0 heterocycles. The Morgan fingerprint density at radius 2 is 1.60 bits per heavy atom. The van der Waals surface area contributed by atoms with Gasteiger partial charge >= 0.3 is 7.82 Å². The van der Waals surface area contributed by atoms with Crippen molar-refractivity contribution < 1.29 is 18.5 Å². The third-order valence-electron chi connectivity index (χ3n) is 0.584. The maximum Gasteiger partial charge on any atom is 0.472 e. The molecule has 0 aliphatic heterocycles. The summed E-state index contributed by atoms with van der Waals surface area (Å²) in [6, 6.07) is 0. The normalized spacial score (nSPS) is 10.7. The molecule has 1 radical (unpaired) electrons. The van der Waals surface area contributed by atoms with Crippen LogP contribution in [0.1, 0.15) is 13.8 Å². The Kier molecular flexibility index (Phi) is 9.30. The predicted molar refractivity (Wildman–Crippen MR) is 38.8 cm³/mol. The second kappa shape index (κ2) is 6.80. The van der Waals surface area contributed by atoms with E-state index in [4.69, 9.17) is 4.89 Å². The zero-order chi connectivity index (χ0) is 7.33. The molecule has 0 aromatic heterocycles. The SMILES string of the molecule is CCOP(=O)(O)OCC.[Na]. The van der Waals surface area contributed by atoms with Gasteiger partial charge in [-0.25, -0.2) is 4.57 Å². The Hall–Kier alpha value is 1.11. The zero-order valence-corrected chi connectivity index (χ0v) is 9.43. The van der Waals surface area contributed by atoms with Crippen LogP contribution in [0.4, 0.5) is 0 Å². The number of hydrogen-bond acceptors (Lipinski definition) is 3.